The van der Waals surface area contributed by atoms with Crippen LogP contribution in [0.3, 0.4) is 0 Å². The molecule has 9 nitrogen and oxygen atoms in total. The lowest BCUT2D eigenvalue weighted by Gasteiger charge is -2.29. The van der Waals surface area contributed by atoms with E-state index in [1.807, 2.05) is 41.2 Å². The lowest BCUT2D eigenvalue weighted by Crippen LogP contribution is -2.34. The van der Waals surface area contributed by atoms with Gasteiger partial charge in [-0.25, -0.2) is 13.4 Å². The molecule has 0 bridgehead atoms. The van der Waals surface area contributed by atoms with Gasteiger partial charge in [0, 0.05) is 47.0 Å². The van der Waals surface area contributed by atoms with E-state index < -0.39 is 26.0 Å². The molecule has 0 aliphatic carbocycles. The van der Waals surface area contributed by atoms with Crippen LogP contribution in [0.2, 0.25) is 51.4 Å². The molecule has 47 heavy (non-hydrogen) atoms. The summed E-state index contributed by atoms with van der Waals surface area (Å²) in [5.41, 5.74) is 5.21. The number of benzene rings is 1. The van der Waals surface area contributed by atoms with Crippen LogP contribution < -0.4 is 4.90 Å². The molecule has 0 spiro atoms. The lowest BCUT2D eigenvalue weighted by molar-refractivity contribution is 0.0941. The molecule has 0 saturated carbocycles. The summed E-state index contributed by atoms with van der Waals surface area (Å²) < 4.78 is 40.0. The predicted molar refractivity (Wildman–Crippen MR) is 200 cm³/mol. The number of anilines is 1. The maximum atomic E-state index is 12.4. The summed E-state index contributed by atoms with van der Waals surface area (Å²) in [6.07, 6.45) is 4.74. The van der Waals surface area contributed by atoms with E-state index >= 15 is 0 Å². The highest BCUT2D eigenvalue weighted by molar-refractivity contribution is 9.10. The number of hydrogen-bond donors (Lipinski definition) is 0. The Bertz CT molecular complexity index is 1720. The molecule has 5 rings (SSSR count). The van der Waals surface area contributed by atoms with Gasteiger partial charge in [0.15, 0.2) is 11.5 Å². The summed E-state index contributed by atoms with van der Waals surface area (Å²) in [6.45, 7) is 16.1. The summed E-state index contributed by atoms with van der Waals surface area (Å²) in [5.74, 6) is 1.08. The number of pyridine rings is 1. The Kier molecular flexibility index (Phi) is 11.4. The van der Waals surface area contributed by atoms with Crippen molar-refractivity contribution in [3.05, 3.63) is 65.0 Å². The number of halogens is 1. The Morgan fingerprint density at radius 1 is 0.872 bits per heavy atom. The van der Waals surface area contributed by atoms with Gasteiger partial charge >= 0.3 is 0 Å². The van der Waals surface area contributed by atoms with Crippen molar-refractivity contribution in [1.29, 1.82) is 0 Å². The molecular formula is C34H48BrN5O4SSi2. The van der Waals surface area contributed by atoms with Crippen LogP contribution >= 0.6 is 15.9 Å². The van der Waals surface area contributed by atoms with Gasteiger partial charge in [0.2, 0.25) is 0 Å². The molecule has 3 aromatic heterocycles. The van der Waals surface area contributed by atoms with E-state index in [1.54, 1.807) is 0 Å². The fourth-order valence-electron chi connectivity index (χ4n) is 5.48. The van der Waals surface area contributed by atoms with Gasteiger partial charge in [-0.15, -0.1) is 0 Å². The Balaban J connectivity index is 1.56. The fraction of sp³-hybridized carbons (Fsp3) is 0.500. The molecule has 254 valence electrons. The van der Waals surface area contributed by atoms with Crippen molar-refractivity contribution < 1.29 is 17.9 Å². The first-order chi connectivity index (χ1) is 22.2. The molecule has 1 aromatic carbocycles. The van der Waals surface area contributed by atoms with E-state index in [-0.39, 0.29) is 17.4 Å². The Morgan fingerprint density at radius 3 is 2.04 bits per heavy atom. The van der Waals surface area contributed by atoms with Gasteiger partial charge in [0.05, 0.1) is 39.1 Å². The molecule has 1 aliphatic rings. The first-order valence-electron chi connectivity index (χ1n) is 16.4. The number of nitrogens with zero attached hydrogens (tertiary/aromatic N) is 5. The quantitative estimate of drug-likeness (QED) is 0.0727. The number of ether oxygens (including phenoxy) is 2. The van der Waals surface area contributed by atoms with Crippen LogP contribution in [0.1, 0.15) is 24.5 Å². The minimum absolute atomic E-state index is 0.0183. The number of aromatic nitrogens is 4. The highest BCUT2D eigenvalue weighted by Crippen LogP contribution is 2.40. The first kappa shape index (κ1) is 35.9. The van der Waals surface area contributed by atoms with Crippen molar-refractivity contribution >= 4 is 53.4 Å². The van der Waals surface area contributed by atoms with Crippen molar-refractivity contribution in [3.8, 4) is 22.4 Å². The first-order valence-corrected chi connectivity index (χ1v) is 26.4. The topological polar surface area (TPSA) is 98.9 Å². The molecule has 4 aromatic rings. The molecule has 1 saturated heterocycles. The molecular weight excluding hydrogens is 711 g/mol. The van der Waals surface area contributed by atoms with E-state index in [0.717, 1.165) is 50.5 Å². The Morgan fingerprint density at radius 2 is 1.49 bits per heavy atom. The van der Waals surface area contributed by atoms with Crippen molar-refractivity contribution in [3.63, 3.8) is 0 Å². The van der Waals surface area contributed by atoms with E-state index in [0.29, 0.717) is 45.2 Å². The van der Waals surface area contributed by atoms with Crippen molar-refractivity contribution in [2.24, 2.45) is 0 Å². The monoisotopic (exact) mass is 757 g/mol. The van der Waals surface area contributed by atoms with Crippen molar-refractivity contribution in [2.75, 3.05) is 43.1 Å². The minimum Gasteiger partial charge on any atom is -0.361 e. The third-order valence-electron chi connectivity index (χ3n) is 8.47. The zero-order valence-corrected chi connectivity index (χ0v) is 32.9. The molecule has 0 radical (unpaired) electrons. The zero-order chi connectivity index (χ0) is 33.8. The molecule has 0 unspecified atom stereocenters. The second-order valence-corrected chi connectivity index (χ2v) is 29.2. The smallest absolute Gasteiger partial charge is 0.167 e. The maximum Gasteiger partial charge on any atom is 0.167 e. The number of sulfone groups is 1. The summed E-state index contributed by atoms with van der Waals surface area (Å²) in [6, 6.07) is 16.4. The molecule has 1 fully saturated rings. The molecule has 13 heteroatoms. The Labute approximate surface area is 290 Å². The van der Waals surface area contributed by atoms with E-state index in [1.165, 1.54) is 0 Å². The SMILES string of the molecule is C[Si](C)(C)CCOCN(COCC[Si](C)(C)C)c1c(Br)c(C2CCS(=O)(=O)CC2)nc2c(-c3ccc(-c4ccccc4)cn3)cnn12. The second kappa shape index (κ2) is 15.0. The van der Waals surface area contributed by atoms with Crippen LogP contribution in [0.5, 0.6) is 0 Å². The van der Waals surface area contributed by atoms with Crippen LogP contribution in [-0.2, 0) is 19.3 Å². The highest BCUT2D eigenvalue weighted by atomic mass is 79.9. The van der Waals surface area contributed by atoms with Crippen LogP contribution in [0, 0.1) is 0 Å². The van der Waals surface area contributed by atoms with Crippen LogP contribution in [0.25, 0.3) is 28.0 Å². The predicted octanol–water partition coefficient (Wildman–Crippen LogP) is 7.94. The van der Waals surface area contributed by atoms with Gasteiger partial charge in [-0.1, -0.05) is 75.7 Å². The van der Waals surface area contributed by atoms with E-state index in [4.69, 9.17) is 24.5 Å². The molecule has 1 aliphatic heterocycles. The number of hydrogen-bond acceptors (Lipinski definition) is 8. The van der Waals surface area contributed by atoms with Gasteiger partial charge in [-0.2, -0.15) is 9.61 Å². The highest BCUT2D eigenvalue weighted by Gasteiger charge is 2.31. The Hall–Kier alpha value is -2.43. The number of rotatable bonds is 14. The van der Waals surface area contributed by atoms with Gasteiger partial charge in [-0.3, -0.25) is 4.98 Å². The summed E-state index contributed by atoms with van der Waals surface area (Å²) in [5, 5.41) is 4.85. The summed E-state index contributed by atoms with van der Waals surface area (Å²) >= 11 is 3.92. The summed E-state index contributed by atoms with van der Waals surface area (Å²) in [7, 11) is -5.60. The molecule has 4 heterocycles. The second-order valence-electron chi connectivity index (χ2n) is 14.9. The van der Waals surface area contributed by atoms with Crippen LogP contribution in [0.4, 0.5) is 5.82 Å². The molecule has 0 amide bonds. The fourth-order valence-corrected chi connectivity index (χ4v) is 9.32. The normalized spacial score (nSPS) is 15.7. The molecule has 0 atom stereocenters. The summed E-state index contributed by atoms with van der Waals surface area (Å²) in [4.78, 5) is 12.1. The van der Waals surface area contributed by atoms with Gasteiger partial charge in [0.25, 0.3) is 0 Å². The average molecular weight is 759 g/mol. The van der Waals surface area contributed by atoms with Crippen LogP contribution in [-0.4, -0.2) is 82.3 Å². The van der Waals surface area contributed by atoms with E-state index in [2.05, 4.69) is 78.3 Å². The zero-order valence-electron chi connectivity index (χ0n) is 28.5. The minimum atomic E-state index is -3.04. The maximum absolute atomic E-state index is 12.4. The third-order valence-corrected chi connectivity index (χ3v) is 14.4. The van der Waals surface area contributed by atoms with Crippen LogP contribution in [0.15, 0.2) is 59.3 Å². The lowest BCUT2D eigenvalue weighted by atomic mass is 9.98. The standard InChI is InChI=1S/C34H48BrN5O4SSi2/c1-46(2,3)20-16-43-24-39(25-44-17-21-47(4,5)6)34-31(35)32(27-14-18-45(41,42)19-15-27)38-33-29(23-37-40(33)34)30-13-12-28(22-36-30)26-10-8-7-9-11-26/h7-13,22-23,27H,14-21,24-25H2,1-6H3. The number of fused-ring (bicyclic) bond motifs is 1. The van der Waals surface area contributed by atoms with E-state index in [9.17, 15) is 8.42 Å². The van der Waals surface area contributed by atoms with Crippen molar-refractivity contribution in [1.82, 2.24) is 19.6 Å². The largest absolute Gasteiger partial charge is 0.361 e. The molecule has 0 N–H and O–H groups in total. The average Bonchev–Trinajstić information content (AvgIpc) is 3.43. The van der Waals surface area contributed by atoms with Gasteiger partial charge in [0.1, 0.15) is 23.3 Å². The van der Waals surface area contributed by atoms with Gasteiger partial charge in [-0.05, 0) is 52.5 Å². The van der Waals surface area contributed by atoms with Gasteiger partial charge < -0.3 is 14.4 Å². The van der Waals surface area contributed by atoms with Crippen molar-refractivity contribution in [2.45, 2.75) is 70.1 Å². The third kappa shape index (κ3) is 9.60.